The maximum Gasteiger partial charge on any atom is 0.339 e. The van der Waals surface area contributed by atoms with Crippen molar-refractivity contribution in [3.63, 3.8) is 0 Å². The smallest absolute Gasteiger partial charge is 0.339 e. The fourth-order valence-electron chi connectivity index (χ4n) is 3.23. The number of amides is 1. The van der Waals surface area contributed by atoms with Crippen LogP contribution in [0.1, 0.15) is 49.4 Å². The number of hydrogen-bond donors (Lipinski definition) is 1. The third-order valence-electron chi connectivity index (χ3n) is 4.72. The Labute approximate surface area is 147 Å². The van der Waals surface area contributed by atoms with Gasteiger partial charge in [-0.15, -0.1) is 0 Å². The molecule has 0 spiro atoms. The summed E-state index contributed by atoms with van der Waals surface area (Å²) < 4.78 is 16.2. The summed E-state index contributed by atoms with van der Waals surface area (Å²) in [6, 6.07) is 4.88. The van der Waals surface area contributed by atoms with E-state index in [0.29, 0.717) is 42.7 Å². The Kier molecular flexibility index (Phi) is 5.79. The molecule has 1 amide bonds. The van der Waals surface area contributed by atoms with Gasteiger partial charge >= 0.3 is 5.97 Å². The maximum atomic E-state index is 12.3. The van der Waals surface area contributed by atoms with Crippen LogP contribution >= 0.6 is 0 Å². The van der Waals surface area contributed by atoms with Crippen molar-refractivity contribution in [2.75, 3.05) is 19.8 Å². The molecule has 6 nitrogen and oxygen atoms in total. The molecule has 6 heteroatoms. The number of ether oxygens (including phenoxy) is 3. The van der Waals surface area contributed by atoms with Crippen molar-refractivity contribution in [2.24, 2.45) is 5.92 Å². The third kappa shape index (κ3) is 4.65. The molecule has 0 saturated heterocycles. The van der Waals surface area contributed by atoms with Gasteiger partial charge in [0.15, 0.2) is 17.6 Å². The SMILES string of the molecule is C[C@H](OC(=O)c1ccc2c(c1)OCCO2)C(=O)NCC1CCCCC1. The summed E-state index contributed by atoms with van der Waals surface area (Å²) >= 11 is 0. The van der Waals surface area contributed by atoms with E-state index >= 15 is 0 Å². The highest BCUT2D eigenvalue weighted by atomic mass is 16.6. The Hall–Kier alpha value is -2.24. The Balaban J connectivity index is 1.50. The van der Waals surface area contributed by atoms with E-state index in [-0.39, 0.29) is 5.91 Å². The third-order valence-corrected chi connectivity index (χ3v) is 4.72. The van der Waals surface area contributed by atoms with Crippen molar-refractivity contribution in [1.29, 1.82) is 0 Å². The zero-order valence-corrected chi connectivity index (χ0v) is 14.6. The first-order valence-electron chi connectivity index (χ1n) is 9.02. The monoisotopic (exact) mass is 347 g/mol. The first-order chi connectivity index (χ1) is 12.1. The van der Waals surface area contributed by atoms with Crippen LogP contribution in [0, 0.1) is 5.92 Å². The second kappa shape index (κ2) is 8.23. The van der Waals surface area contributed by atoms with Crippen LogP contribution in [0.15, 0.2) is 18.2 Å². The lowest BCUT2D eigenvalue weighted by Crippen LogP contribution is -2.38. The Morgan fingerprint density at radius 2 is 1.88 bits per heavy atom. The number of rotatable bonds is 5. The van der Waals surface area contributed by atoms with Crippen LogP contribution in [-0.4, -0.2) is 37.7 Å². The quantitative estimate of drug-likeness (QED) is 0.829. The summed E-state index contributed by atoms with van der Waals surface area (Å²) in [4.78, 5) is 24.4. The van der Waals surface area contributed by atoms with Crippen molar-refractivity contribution in [1.82, 2.24) is 5.32 Å². The van der Waals surface area contributed by atoms with Gasteiger partial charge in [-0.1, -0.05) is 19.3 Å². The highest BCUT2D eigenvalue weighted by Gasteiger charge is 2.22. The van der Waals surface area contributed by atoms with E-state index in [1.165, 1.54) is 19.3 Å². The summed E-state index contributed by atoms with van der Waals surface area (Å²) in [6.07, 6.45) is 5.24. The normalized spacial score (nSPS) is 18.3. The van der Waals surface area contributed by atoms with Crippen LogP contribution in [0.3, 0.4) is 0 Å². The van der Waals surface area contributed by atoms with Gasteiger partial charge in [0, 0.05) is 6.54 Å². The van der Waals surface area contributed by atoms with Crippen molar-refractivity contribution in [3.8, 4) is 11.5 Å². The van der Waals surface area contributed by atoms with Crippen LogP contribution in [0.4, 0.5) is 0 Å². The molecule has 2 aliphatic rings. The zero-order valence-electron chi connectivity index (χ0n) is 14.6. The average molecular weight is 347 g/mol. The number of hydrogen-bond acceptors (Lipinski definition) is 5. The van der Waals surface area contributed by atoms with Gasteiger partial charge in [0.1, 0.15) is 13.2 Å². The molecule has 0 aromatic heterocycles. The summed E-state index contributed by atoms with van der Waals surface area (Å²) in [5.41, 5.74) is 0.344. The van der Waals surface area contributed by atoms with Gasteiger partial charge in [-0.25, -0.2) is 4.79 Å². The van der Waals surface area contributed by atoms with E-state index in [1.54, 1.807) is 25.1 Å². The molecular formula is C19H25NO5. The molecule has 0 radical (unpaired) electrons. The number of esters is 1. The molecule has 1 aliphatic heterocycles. The molecule has 1 fully saturated rings. The molecule has 1 aromatic rings. The molecule has 1 aromatic carbocycles. The number of fused-ring (bicyclic) bond motifs is 1. The van der Waals surface area contributed by atoms with Gasteiger partial charge < -0.3 is 19.5 Å². The van der Waals surface area contributed by atoms with Crippen molar-refractivity contribution >= 4 is 11.9 Å². The molecule has 136 valence electrons. The predicted molar refractivity (Wildman–Crippen MR) is 91.9 cm³/mol. The Bertz CT molecular complexity index is 624. The largest absolute Gasteiger partial charge is 0.486 e. The molecule has 3 rings (SSSR count). The highest BCUT2D eigenvalue weighted by Crippen LogP contribution is 2.31. The van der Waals surface area contributed by atoms with Gasteiger partial charge in [-0.2, -0.15) is 0 Å². The fraction of sp³-hybridized carbons (Fsp3) is 0.579. The number of nitrogens with one attached hydrogen (secondary N) is 1. The van der Waals surface area contributed by atoms with E-state index in [2.05, 4.69) is 5.32 Å². The van der Waals surface area contributed by atoms with Crippen LogP contribution in [0.25, 0.3) is 0 Å². The van der Waals surface area contributed by atoms with Crippen molar-refractivity contribution in [2.45, 2.75) is 45.1 Å². The van der Waals surface area contributed by atoms with Crippen molar-refractivity contribution < 1.29 is 23.8 Å². The van der Waals surface area contributed by atoms with Gasteiger partial charge in [0.25, 0.3) is 5.91 Å². The highest BCUT2D eigenvalue weighted by molar-refractivity contribution is 5.92. The second-order valence-corrected chi connectivity index (χ2v) is 6.66. The van der Waals surface area contributed by atoms with Crippen molar-refractivity contribution in [3.05, 3.63) is 23.8 Å². The summed E-state index contributed by atoms with van der Waals surface area (Å²) in [5.74, 6) is 0.878. The molecule has 0 unspecified atom stereocenters. The van der Waals surface area contributed by atoms with Gasteiger partial charge in [-0.3, -0.25) is 4.79 Å². The van der Waals surface area contributed by atoms with Crippen LogP contribution in [-0.2, 0) is 9.53 Å². The summed E-state index contributed by atoms with van der Waals surface area (Å²) in [5, 5.41) is 2.90. The topological polar surface area (TPSA) is 73.9 Å². The minimum atomic E-state index is -0.829. The minimum Gasteiger partial charge on any atom is -0.486 e. The van der Waals surface area contributed by atoms with E-state index in [1.807, 2.05) is 0 Å². The Morgan fingerprint density at radius 1 is 1.16 bits per heavy atom. The molecule has 25 heavy (non-hydrogen) atoms. The molecule has 1 heterocycles. The average Bonchev–Trinajstić information content (AvgIpc) is 2.66. The standard InChI is InChI=1S/C19H25NO5/c1-13(18(21)20-12-14-5-3-2-4-6-14)25-19(22)15-7-8-16-17(11-15)24-10-9-23-16/h7-8,11,13-14H,2-6,9-10,12H2,1H3,(H,20,21)/t13-/m0/s1. The first kappa shape index (κ1) is 17.6. The minimum absolute atomic E-state index is 0.253. The number of carbonyl (C=O) groups excluding carboxylic acids is 2. The lowest BCUT2D eigenvalue weighted by Gasteiger charge is -2.22. The number of carbonyl (C=O) groups is 2. The molecule has 0 bridgehead atoms. The van der Waals surface area contributed by atoms with Crippen LogP contribution < -0.4 is 14.8 Å². The maximum absolute atomic E-state index is 12.3. The van der Waals surface area contributed by atoms with Crippen LogP contribution in [0.5, 0.6) is 11.5 Å². The number of benzene rings is 1. The molecule has 1 aliphatic carbocycles. The fourth-order valence-corrected chi connectivity index (χ4v) is 3.23. The Morgan fingerprint density at radius 3 is 2.64 bits per heavy atom. The van der Waals surface area contributed by atoms with Crippen LogP contribution in [0.2, 0.25) is 0 Å². The van der Waals surface area contributed by atoms with E-state index in [9.17, 15) is 9.59 Å². The molecule has 1 saturated carbocycles. The lowest BCUT2D eigenvalue weighted by molar-refractivity contribution is -0.129. The summed E-state index contributed by atoms with van der Waals surface area (Å²) in [7, 11) is 0. The zero-order chi connectivity index (χ0) is 17.6. The van der Waals surface area contributed by atoms with Gasteiger partial charge in [-0.05, 0) is 43.9 Å². The predicted octanol–water partition coefficient (Wildman–Crippen LogP) is 2.70. The van der Waals surface area contributed by atoms with E-state index in [0.717, 1.165) is 12.8 Å². The van der Waals surface area contributed by atoms with Gasteiger partial charge in [0.05, 0.1) is 5.56 Å². The molecule has 1 atom stereocenters. The first-order valence-corrected chi connectivity index (χ1v) is 9.02. The van der Waals surface area contributed by atoms with E-state index in [4.69, 9.17) is 14.2 Å². The van der Waals surface area contributed by atoms with E-state index < -0.39 is 12.1 Å². The molecule has 1 N–H and O–H groups in total. The van der Waals surface area contributed by atoms with Gasteiger partial charge in [0.2, 0.25) is 0 Å². The molecular weight excluding hydrogens is 322 g/mol. The summed E-state index contributed by atoms with van der Waals surface area (Å²) in [6.45, 7) is 3.19. The second-order valence-electron chi connectivity index (χ2n) is 6.66. The lowest BCUT2D eigenvalue weighted by atomic mass is 9.89.